The van der Waals surface area contributed by atoms with Crippen LogP contribution >= 0.6 is 0 Å². The Balaban J connectivity index is 2.12. The molecule has 1 aliphatic heterocycles. The van der Waals surface area contributed by atoms with Gasteiger partial charge in [0.25, 0.3) is 0 Å². The highest BCUT2D eigenvalue weighted by molar-refractivity contribution is 5.86. The molecule has 0 aromatic heterocycles. The highest BCUT2D eigenvalue weighted by Crippen LogP contribution is 2.51. The minimum absolute atomic E-state index is 0.142. The van der Waals surface area contributed by atoms with Crippen molar-refractivity contribution in [2.45, 2.75) is 26.8 Å². The highest BCUT2D eigenvalue weighted by Gasteiger charge is 2.50. The van der Waals surface area contributed by atoms with Crippen LogP contribution in [0.25, 0.3) is 5.70 Å². The number of ether oxygens (including phenoxy) is 2. The van der Waals surface area contributed by atoms with Gasteiger partial charge >= 0.3 is 5.97 Å². The lowest BCUT2D eigenvalue weighted by molar-refractivity contribution is -0.151. The molecule has 0 amide bonds. The van der Waals surface area contributed by atoms with Crippen molar-refractivity contribution in [1.29, 1.82) is 0 Å². The Labute approximate surface area is 161 Å². The molecule has 27 heavy (non-hydrogen) atoms. The first-order valence-corrected chi connectivity index (χ1v) is 9.23. The predicted octanol–water partition coefficient (Wildman–Crippen LogP) is 4.60. The molecule has 0 saturated heterocycles. The van der Waals surface area contributed by atoms with E-state index >= 15 is 0 Å². The lowest BCUT2D eigenvalue weighted by atomic mass is 9.80. The molecule has 4 heteroatoms. The SMILES string of the molecule is CCN1C(c2ccc(C)cc2)=C[C@@](C)(C(=O)OC)[C@@H]1c1ccc(OC)cc1. The lowest BCUT2D eigenvalue weighted by Crippen LogP contribution is -2.37. The monoisotopic (exact) mass is 365 g/mol. The van der Waals surface area contributed by atoms with Gasteiger partial charge < -0.3 is 14.4 Å². The number of aryl methyl sites for hydroxylation is 1. The van der Waals surface area contributed by atoms with Crippen molar-refractivity contribution in [3.63, 3.8) is 0 Å². The Hall–Kier alpha value is -2.75. The van der Waals surface area contributed by atoms with Crippen LogP contribution in [0.1, 0.15) is 36.6 Å². The van der Waals surface area contributed by atoms with E-state index in [9.17, 15) is 4.79 Å². The fourth-order valence-corrected chi connectivity index (χ4v) is 3.94. The molecule has 0 saturated carbocycles. The van der Waals surface area contributed by atoms with E-state index in [-0.39, 0.29) is 12.0 Å². The quantitative estimate of drug-likeness (QED) is 0.726. The van der Waals surface area contributed by atoms with Gasteiger partial charge in [-0.25, -0.2) is 0 Å². The number of rotatable bonds is 5. The Kier molecular flexibility index (Phi) is 5.26. The molecule has 1 aliphatic rings. The topological polar surface area (TPSA) is 38.8 Å². The Bertz CT molecular complexity index is 839. The average molecular weight is 365 g/mol. The third kappa shape index (κ3) is 3.32. The van der Waals surface area contributed by atoms with Crippen LogP contribution < -0.4 is 4.74 Å². The standard InChI is InChI=1S/C23H27NO3/c1-6-24-20(17-9-7-16(2)8-10-17)15-23(3,22(25)27-5)21(24)18-11-13-19(26-4)14-12-18/h7-15,21H,6H2,1-5H3/t21-,23+/m0/s1. The molecule has 4 nitrogen and oxygen atoms in total. The van der Waals surface area contributed by atoms with Crippen molar-refractivity contribution in [1.82, 2.24) is 4.90 Å². The minimum Gasteiger partial charge on any atom is -0.497 e. The molecule has 2 aromatic carbocycles. The first-order chi connectivity index (χ1) is 12.9. The van der Waals surface area contributed by atoms with E-state index in [1.54, 1.807) is 7.11 Å². The number of carbonyl (C=O) groups is 1. The van der Waals surface area contributed by atoms with Crippen molar-refractivity contribution in [3.8, 4) is 5.75 Å². The van der Waals surface area contributed by atoms with Crippen LogP contribution in [0.15, 0.2) is 54.6 Å². The summed E-state index contributed by atoms with van der Waals surface area (Å²) in [5.41, 5.74) is 3.66. The fourth-order valence-electron chi connectivity index (χ4n) is 3.94. The summed E-state index contributed by atoms with van der Waals surface area (Å²) in [4.78, 5) is 15.1. The van der Waals surface area contributed by atoms with Crippen LogP contribution in [-0.2, 0) is 9.53 Å². The Morgan fingerprint density at radius 3 is 2.22 bits per heavy atom. The van der Waals surface area contributed by atoms with E-state index in [1.165, 1.54) is 12.7 Å². The molecule has 0 N–H and O–H groups in total. The highest BCUT2D eigenvalue weighted by atomic mass is 16.5. The van der Waals surface area contributed by atoms with E-state index in [4.69, 9.17) is 9.47 Å². The van der Waals surface area contributed by atoms with E-state index in [0.717, 1.165) is 29.1 Å². The van der Waals surface area contributed by atoms with Gasteiger partial charge in [0.1, 0.15) is 11.2 Å². The summed E-state index contributed by atoms with van der Waals surface area (Å²) in [7, 11) is 3.10. The smallest absolute Gasteiger partial charge is 0.317 e. The zero-order valence-corrected chi connectivity index (χ0v) is 16.7. The zero-order chi connectivity index (χ0) is 19.6. The molecule has 2 atom stereocenters. The van der Waals surface area contributed by atoms with Crippen LogP contribution in [-0.4, -0.2) is 31.6 Å². The summed E-state index contributed by atoms with van der Waals surface area (Å²) in [6.07, 6.45) is 2.06. The zero-order valence-electron chi connectivity index (χ0n) is 16.7. The number of hydrogen-bond acceptors (Lipinski definition) is 4. The molecule has 0 spiro atoms. The van der Waals surface area contributed by atoms with Crippen molar-refractivity contribution in [2.24, 2.45) is 5.41 Å². The second-order valence-corrected chi connectivity index (χ2v) is 7.13. The van der Waals surface area contributed by atoms with E-state index in [1.807, 2.05) is 31.2 Å². The first-order valence-electron chi connectivity index (χ1n) is 9.23. The van der Waals surface area contributed by atoms with Crippen LogP contribution in [0.2, 0.25) is 0 Å². The van der Waals surface area contributed by atoms with Crippen LogP contribution in [0, 0.1) is 12.3 Å². The van der Waals surface area contributed by atoms with Gasteiger partial charge in [-0.05, 0) is 50.1 Å². The maximum Gasteiger partial charge on any atom is 0.317 e. The molecule has 0 radical (unpaired) electrons. The van der Waals surface area contributed by atoms with Gasteiger partial charge in [0.15, 0.2) is 0 Å². The lowest BCUT2D eigenvalue weighted by Gasteiger charge is -2.36. The number of methoxy groups -OCH3 is 2. The van der Waals surface area contributed by atoms with Crippen molar-refractivity contribution in [3.05, 3.63) is 71.3 Å². The molecule has 0 aliphatic carbocycles. The maximum absolute atomic E-state index is 12.8. The Morgan fingerprint density at radius 1 is 1.07 bits per heavy atom. The minimum atomic E-state index is -0.778. The second kappa shape index (κ2) is 7.47. The van der Waals surface area contributed by atoms with Gasteiger partial charge in [-0.1, -0.05) is 42.0 Å². The molecule has 1 heterocycles. The van der Waals surface area contributed by atoms with Gasteiger partial charge in [-0.2, -0.15) is 0 Å². The number of carbonyl (C=O) groups excluding carboxylic acids is 1. The molecular weight excluding hydrogens is 338 g/mol. The average Bonchev–Trinajstić information content (AvgIpc) is 3.01. The molecular formula is C23H27NO3. The largest absolute Gasteiger partial charge is 0.497 e. The summed E-state index contributed by atoms with van der Waals surface area (Å²) >= 11 is 0. The number of hydrogen-bond donors (Lipinski definition) is 0. The maximum atomic E-state index is 12.8. The summed E-state index contributed by atoms with van der Waals surface area (Å²) in [6, 6.07) is 16.2. The van der Waals surface area contributed by atoms with Crippen LogP contribution in [0.3, 0.4) is 0 Å². The van der Waals surface area contributed by atoms with Crippen molar-refractivity contribution in [2.75, 3.05) is 20.8 Å². The third-order valence-corrected chi connectivity index (χ3v) is 5.37. The second-order valence-electron chi connectivity index (χ2n) is 7.13. The summed E-state index contributed by atoms with van der Waals surface area (Å²) in [5, 5.41) is 0. The van der Waals surface area contributed by atoms with Gasteiger partial charge in [-0.15, -0.1) is 0 Å². The van der Waals surface area contributed by atoms with Gasteiger partial charge in [-0.3, -0.25) is 4.79 Å². The number of esters is 1. The van der Waals surface area contributed by atoms with Crippen molar-refractivity contribution >= 4 is 11.7 Å². The van der Waals surface area contributed by atoms with Gasteiger partial charge in [0.2, 0.25) is 0 Å². The summed E-state index contributed by atoms with van der Waals surface area (Å²) in [6.45, 7) is 6.92. The molecule has 0 fully saturated rings. The van der Waals surface area contributed by atoms with Crippen LogP contribution in [0.4, 0.5) is 0 Å². The molecule has 2 aromatic rings. The van der Waals surface area contributed by atoms with Gasteiger partial charge in [0, 0.05) is 12.2 Å². The first kappa shape index (κ1) is 19.0. The predicted molar refractivity (Wildman–Crippen MR) is 107 cm³/mol. The normalized spacial score (nSPS) is 21.7. The third-order valence-electron chi connectivity index (χ3n) is 5.37. The van der Waals surface area contributed by atoms with E-state index in [0.29, 0.717) is 0 Å². The van der Waals surface area contributed by atoms with Gasteiger partial charge in [0.05, 0.1) is 20.3 Å². The summed E-state index contributed by atoms with van der Waals surface area (Å²) < 4.78 is 10.5. The molecule has 0 bridgehead atoms. The molecule has 3 rings (SSSR count). The van der Waals surface area contributed by atoms with E-state index < -0.39 is 5.41 Å². The molecule has 0 unspecified atom stereocenters. The number of benzene rings is 2. The van der Waals surface area contributed by atoms with Crippen molar-refractivity contribution < 1.29 is 14.3 Å². The summed E-state index contributed by atoms with van der Waals surface area (Å²) in [5.74, 6) is 0.565. The Morgan fingerprint density at radius 2 is 1.70 bits per heavy atom. The number of nitrogens with zero attached hydrogens (tertiary/aromatic N) is 1. The molecule has 142 valence electrons. The van der Waals surface area contributed by atoms with Crippen LogP contribution in [0.5, 0.6) is 5.75 Å². The fraction of sp³-hybridized carbons (Fsp3) is 0.348. The van der Waals surface area contributed by atoms with E-state index in [2.05, 4.69) is 49.1 Å².